The van der Waals surface area contributed by atoms with Crippen LogP contribution in [0, 0.1) is 0 Å². The van der Waals surface area contributed by atoms with E-state index in [9.17, 15) is 9.59 Å². The van der Waals surface area contributed by atoms with Gasteiger partial charge in [-0.1, -0.05) is 6.08 Å². The van der Waals surface area contributed by atoms with Crippen LogP contribution in [-0.4, -0.2) is 41.0 Å². The van der Waals surface area contributed by atoms with Gasteiger partial charge < -0.3 is 10.2 Å². The van der Waals surface area contributed by atoms with E-state index in [1.165, 1.54) is 5.38 Å². The van der Waals surface area contributed by atoms with E-state index in [1.807, 2.05) is 0 Å². The van der Waals surface area contributed by atoms with Crippen LogP contribution < -0.4 is 0 Å². The summed E-state index contributed by atoms with van der Waals surface area (Å²) in [6.07, 6.45) is 3.25. The Balaban J connectivity index is 0.00000196. The molecular formula is C9H9LiO4S. The number of rotatable bonds is 3. The summed E-state index contributed by atoms with van der Waals surface area (Å²) in [7, 11) is 0. The first-order valence-electron chi connectivity index (χ1n) is 3.78. The number of carboxylic acids is 2. The van der Waals surface area contributed by atoms with Crippen molar-refractivity contribution < 1.29 is 19.8 Å². The molecule has 0 radical (unpaired) electrons. The van der Waals surface area contributed by atoms with Crippen LogP contribution in [0.2, 0.25) is 0 Å². The summed E-state index contributed by atoms with van der Waals surface area (Å²) < 4.78 is 0. The molecule has 0 unspecified atom stereocenters. The van der Waals surface area contributed by atoms with Crippen LogP contribution in [0.5, 0.6) is 0 Å². The number of hydrogen-bond acceptors (Lipinski definition) is 3. The zero-order chi connectivity index (χ0) is 10.7. The van der Waals surface area contributed by atoms with Crippen molar-refractivity contribution >= 4 is 48.2 Å². The molecule has 76 valence electrons. The molecule has 0 saturated carbocycles. The van der Waals surface area contributed by atoms with Crippen LogP contribution in [0.3, 0.4) is 0 Å². The van der Waals surface area contributed by atoms with Crippen molar-refractivity contribution in [2.75, 3.05) is 0 Å². The Morgan fingerprint density at radius 3 is 2.33 bits per heavy atom. The first-order chi connectivity index (χ1) is 6.57. The number of carbonyl (C=O) groups is 2. The molecule has 0 aliphatic heterocycles. The average Bonchev–Trinajstić information content (AvgIpc) is 2.48. The second-order valence-electron chi connectivity index (χ2n) is 2.50. The van der Waals surface area contributed by atoms with E-state index in [0.29, 0.717) is 4.88 Å². The maximum absolute atomic E-state index is 10.8. The summed E-state index contributed by atoms with van der Waals surface area (Å²) in [5.74, 6) is -2.42. The second-order valence-corrected chi connectivity index (χ2v) is 3.41. The quantitative estimate of drug-likeness (QED) is 0.757. The minimum absolute atomic E-state index is 0. The van der Waals surface area contributed by atoms with Crippen LogP contribution >= 0.6 is 11.3 Å². The van der Waals surface area contributed by atoms with E-state index < -0.39 is 11.9 Å². The first kappa shape index (κ1) is 14.0. The molecule has 1 aromatic rings. The third-order valence-electron chi connectivity index (χ3n) is 1.58. The molecule has 0 bridgehead atoms. The molecule has 6 heteroatoms. The molecule has 15 heavy (non-hydrogen) atoms. The van der Waals surface area contributed by atoms with Gasteiger partial charge in [0.05, 0.1) is 11.1 Å². The second kappa shape index (κ2) is 5.76. The predicted molar refractivity (Wildman–Crippen MR) is 60.1 cm³/mol. The fourth-order valence-electron chi connectivity index (χ4n) is 1.02. The summed E-state index contributed by atoms with van der Waals surface area (Å²) in [6, 6.07) is 0. The third kappa shape index (κ3) is 2.96. The van der Waals surface area contributed by atoms with Gasteiger partial charge >= 0.3 is 30.8 Å². The monoisotopic (exact) mass is 220 g/mol. The molecule has 0 aliphatic rings. The Kier molecular flexibility index (Phi) is 5.37. The molecule has 0 aliphatic carbocycles. The normalized spacial score (nSPS) is 9.93. The van der Waals surface area contributed by atoms with Crippen molar-refractivity contribution in [3.05, 3.63) is 27.5 Å². The van der Waals surface area contributed by atoms with E-state index in [1.54, 1.807) is 19.1 Å². The molecule has 0 amide bonds. The molecule has 1 rings (SSSR count). The van der Waals surface area contributed by atoms with Gasteiger partial charge in [0.15, 0.2) is 0 Å². The van der Waals surface area contributed by atoms with E-state index in [4.69, 9.17) is 10.2 Å². The van der Waals surface area contributed by atoms with Gasteiger partial charge in [0, 0.05) is 10.3 Å². The molecule has 0 aromatic carbocycles. The van der Waals surface area contributed by atoms with E-state index in [0.717, 1.165) is 11.3 Å². The number of aromatic carboxylic acids is 2. The van der Waals surface area contributed by atoms with E-state index in [2.05, 4.69) is 0 Å². The van der Waals surface area contributed by atoms with Crippen LogP contribution in [0.1, 0.15) is 32.5 Å². The number of allylic oxidation sites excluding steroid dienone is 1. The molecule has 0 saturated heterocycles. The Morgan fingerprint density at radius 2 is 1.93 bits per heavy atom. The van der Waals surface area contributed by atoms with Crippen molar-refractivity contribution in [1.29, 1.82) is 0 Å². The Labute approximate surface area is 102 Å². The first-order valence-corrected chi connectivity index (χ1v) is 4.66. The fourth-order valence-corrected chi connectivity index (χ4v) is 2.02. The third-order valence-corrected chi connectivity index (χ3v) is 2.53. The van der Waals surface area contributed by atoms with Crippen molar-refractivity contribution in [1.82, 2.24) is 0 Å². The van der Waals surface area contributed by atoms with E-state index >= 15 is 0 Å². The fraction of sp³-hybridized carbons (Fsp3) is 0.111. The van der Waals surface area contributed by atoms with Crippen molar-refractivity contribution in [3.63, 3.8) is 0 Å². The van der Waals surface area contributed by atoms with Gasteiger partial charge in [-0.25, -0.2) is 9.59 Å². The molecule has 1 aromatic heterocycles. The summed E-state index contributed by atoms with van der Waals surface area (Å²) in [5, 5.41) is 18.9. The molecule has 1 heterocycles. The Bertz CT molecular complexity index is 408. The van der Waals surface area contributed by atoms with Gasteiger partial charge in [0.1, 0.15) is 0 Å². The van der Waals surface area contributed by atoms with Gasteiger partial charge in [-0.15, -0.1) is 11.3 Å². The number of hydrogen-bond donors (Lipinski definition) is 2. The molecular weight excluding hydrogens is 211 g/mol. The van der Waals surface area contributed by atoms with Gasteiger partial charge in [0.25, 0.3) is 0 Å². The molecule has 0 spiro atoms. The SMILES string of the molecule is CC=Cc1scc(C(=O)O)c1C(=O)O.[LiH]. The van der Waals surface area contributed by atoms with Crippen LogP contribution in [-0.2, 0) is 0 Å². The Hall–Kier alpha value is -1.02. The average molecular weight is 220 g/mol. The van der Waals surface area contributed by atoms with E-state index in [-0.39, 0.29) is 30.0 Å². The topological polar surface area (TPSA) is 74.6 Å². The van der Waals surface area contributed by atoms with Crippen LogP contribution in [0.15, 0.2) is 11.5 Å². The van der Waals surface area contributed by atoms with Gasteiger partial charge in [-0.2, -0.15) is 0 Å². The number of thiophene rings is 1. The Morgan fingerprint density at radius 1 is 1.33 bits per heavy atom. The summed E-state index contributed by atoms with van der Waals surface area (Å²) in [6.45, 7) is 1.74. The predicted octanol–water partition coefficient (Wildman–Crippen LogP) is 1.53. The van der Waals surface area contributed by atoms with Crippen LogP contribution in [0.4, 0.5) is 0 Å². The zero-order valence-corrected chi connectivity index (χ0v) is 8.17. The summed E-state index contributed by atoms with van der Waals surface area (Å²) >= 11 is 1.11. The molecule has 0 atom stereocenters. The van der Waals surface area contributed by atoms with Gasteiger partial charge in [-0.3, -0.25) is 0 Å². The van der Waals surface area contributed by atoms with Gasteiger partial charge in [0.2, 0.25) is 0 Å². The maximum atomic E-state index is 10.8. The summed E-state index contributed by atoms with van der Waals surface area (Å²) in [4.78, 5) is 21.9. The minimum atomic E-state index is -1.21. The molecule has 2 N–H and O–H groups in total. The molecule has 0 fully saturated rings. The van der Waals surface area contributed by atoms with Crippen molar-refractivity contribution in [2.45, 2.75) is 6.92 Å². The van der Waals surface area contributed by atoms with Crippen LogP contribution in [0.25, 0.3) is 6.08 Å². The number of carboxylic acid groups (broad SMARTS) is 2. The standard InChI is InChI=1S/C9H8O4S.Li.H/c1-2-3-6-7(9(12)13)5(4-14-6)8(10)11;;/h2-4H,1H3,(H,10,11)(H,12,13);;. The van der Waals surface area contributed by atoms with Crippen molar-refractivity contribution in [3.8, 4) is 0 Å². The zero-order valence-electron chi connectivity index (χ0n) is 7.35. The summed E-state index contributed by atoms with van der Waals surface area (Å²) in [5.41, 5.74) is -0.295. The van der Waals surface area contributed by atoms with Gasteiger partial charge in [-0.05, 0) is 13.0 Å². The molecule has 4 nitrogen and oxygen atoms in total. The van der Waals surface area contributed by atoms with Crippen molar-refractivity contribution in [2.24, 2.45) is 0 Å².